The lowest BCUT2D eigenvalue weighted by atomic mass is 10.1. The molecule has 0 atom stereocenters. The van der Waals surface area contributed by atoms with Crippen LogP contribution in [0.2, 0.25) is 0 Å². The minimum absolute atomic E-state index is 0.105. The summed E-state index contributed by atoms with van der Waals surface area (Å²) in [4.78, 5) is 28.4. The molecule has 116 valence electrons. The van der Waals surface area contributed by atoms with Gasteiger partial charge in [-0.15, -0.1) is 0 Å². The van der Waals surface area contributed by atoms with E-state index < -0.39 is 0 Å². The number of anilines is 1. The molecule has 0 radical (unpaired) electrons. The van der Waals surface area contributed by atoms with E-state index in [9.17, 15) is 4.79 Å². The van der Waals surface area contributed by atoms with Gasteiger partial charge in [-0.05, 0) is 24.3 Å². The molecule has 0 spiro atoms. The monoisotopic (exact) mass is 315 g/mol. The van der Waals surface area contributed by atoms with Crippen molar-refractivity contribution in [2.75, 3.05) is 5.73 Å². The van der Waals surface area contributed by atoms with Crippen LogP contribution in [0, 0.1) is 0 Å². The van der Waals surface area contributed by atoms with Gasteiger partial charge in [0.25, 0.3) is 0 Å². The maximum absolute atomic E-state index is 12.6. The molecule has 6 nitrogen and oxygen atoms in total. The molecule has 0 saturated carbocycles. The van der Waals surface area contributed by atoms with Crippen LogP contribution in [-0.2, 0) is 0 Å². The number of aromatic nitrogens is 4. The highest BCUT2D eigenvalue weighted by atomic mass is 16.1. The van der Waals surface area contributed by atoms with Gasteiger partial charge in [-0.25, -0.2) is 9.97 Å². The van der Waals surface area contributed by atoms with Crippen LogP contribution in [0.4, 0.5) is 5.82 Å². The molecule has 3 aromatic heterocycles. The van der Waals surface area contributed by atoms with E-state index in [0.29, 0.717) is 11.3 Å². The summed E-state index contributed by atoms with van der Waals surface area (Å²) in [5, 5.41) is 1.01. The van der Waals surface area contributed by atoms with Crippen molar-refractivity contribution in [1.82, 2.24) is 19.9 Å². The molecular weight excluding hydrogens is 302 g/mol. The minimum atomic E-state index is -0.295. The Bertz CT molecular complexity index is 1040. The lowest BCUT2D eigenvalue weighted by Crippen LogP contribution is -2.10. The van der Waals surface area contributed by atoms with E-state index in [1.165, 1.54) is 6.20 Å². The van der Waals surface area contributed by atoms with Crippen LogP contribution in [0.15, 0.2) is 61.2 Å². The molecule has 0 aliphatic carbocycles. The summed E-state index contributed by atoms with van der Waals surface area (Å²) in [5.41, 5.74) is 8.92. The molecule has 4 rings (SSSR count). The number of nitrogens with one attached hydrogen (secondary N) is 1. The number of aromatic amines is 1. The summed E-state index contributed by atoms with van der Waals surface area (Å²) in [6.07, 6.45) is 6.54. The lowest BCUT2D eigenvalue weighted by Gasteiger charge is -2.07. The third kappa shape index (κ3) is 2.30. The maximum Gasteiger partial charge on any atom is 0.216 e. The van der Waals surface area contributed by atoms with Crippen molar-refractivity contribution < 1.29 is 4.79 Å². The van der Waals surface area contributed by atoms with Crippen molar-refractivity contribution in [2.45, 2.75) is 0 Å². The molecule has 3 N–H and O–H groups in total. The lowest BCUT2D eigenvalue weighted by molar-refractivity contribution is 0.103. The molecule has 6 heteroatoms. The zero-order valence-electron chi connectivity index (χ0n) is 12.6. The SMILES string of the molecule is Nc1ncc(-c2cccc3[nH]ccc23)nc1C(=O)c1cccnc1. The Balaban J connectivity index is 1.85. The Hall–Kier alpha value is -3.54. The van der Waals surface area contributed by atoms with E-state index in [4.69, 9.17) is 5.73 Å². The molecular formula is C18H13N5O. The summed E-state index contributed by atoms with van der Waals surface area (Å²) in [5.74, 6) is -0.190. The van der Waals surface area contributed by atoms with Gasteiger partial charge in [0, 0.05) is 40.6 Å². The molecule has 4 aromatic rings. The van der Waals surface area contributed by atoms with Crippen LogP contribution in [0.5, 0.6) is 0 Å². The summed E-state index contributed by atoms with van der Waals surface area (Å²) in [7, 11) is 0. The zero-order chi connectivity index (χ0) is 16.5. The van der Waals surface area contributed by atoms with Crippen molar-refractivity contribution in [2.24, 2.45) is 0 Å². The number of H-pyrrole nitrogens is 1. The Kier molecular flexibility index (Phi) is 3.28. The van der Waals surface area contributed by atoms with Gasteiger partial charge < -0.3 is 10.7 Å². The first-order chi connectivity index (χ1) is 11.7. The first kappa shape index (κ1) is 14.1. The molecule has 0 unspecified atom stereocenters. The Morgan fingerprint density at radius 3 is 2.83 bits per heavy atom. The number of fused-ring (bicyclic) bond motifs is 1. The fourth-order valence-corrected chi connectivity index (χ4v) is 2.64. The second-order valence-corrected chi connectivity index (χ2v) is 5.30. The average Bonchev–Trinajstić information content (AvgIpc) is 3.11. The number of nitrogens with two attached hydrogens (primary N) is 1. The Morgan fingerprint density at radius 2 is 2.00 bits per heavy atom. The number of ketones is 1. The van der Waals surface area contributed by atoms with Crippen molar-refractivity contribution in [3.05, 3.63) is 72.4 Å². The first-order valence-electron chi connectivity index (χ1n) is 7.38. The smallest absolute Gasteiger partial charge is 0.216 e. The van der Waals surface area contributed by atoms with E-state index in [1.54, 1.807) is 24.5 Å². The molecule has 0 fully saturated rings. The number of nitrogen functional groups attached to an aromatic ring is 1. The van der Waals surface area contributed by atoms with Crippen molar-refractivity contribution in [3.63, 3.8) is 0 Å². The van der Waals surface area contributed by atoms with Crippen LogP contribution >= 0.6 is 0 Å². The third-order valence-electron chi connectivity index (χ3n) is 3.81. The molecule has 0 saturated heterocycles. The first-order valence-corrected chi connectivity index (χ1v) is 7.38. The summed E-state index contributed by atoms with van der Waals surface area (Å²) >= 11 is 0. The van der Waals surface area contributed by atoms with Crippen molar-refractivity contribution in [1.29, 1.82) is 0 Å². The summed E-state index contributed by atoms with van der Waals surface area (Å²) in [6.45, 7) is 0. The minimum Gasteiger partial charge on any atom is -0.382 e. The third-order valence-corrected chi connectivity index (χ3v) is 3.81. The molecule has 0 aliphatic rings. The number of hydrogen-bond acceptors (Lipinski definition) is 5. The van der Waals surface area contributed by atoms with E-state index in [0.717, 1.165) is 16.5 Å². The van der Waals surface area contributed by atoms with Gasteiger partial charge in [0.15, 0.2) is 11.5 Å². The van der Waals surface area contributed by atoms with Crippen LogP contribution in [0.25, 0.3) is 22.2 Å². The molecule has 3 heterocycles. The van der Waals surface area contributed by atoms with Crippen molar-refractivity contribution >= 4 is 22.5 Å². The van der Waals surface area contributed by atoms with Crippen LogP contribution in [0.3, 0.4) is 0 Å². The molecule has 1 aromatic carbocycles. The van der Waals surface area contributed by atoms with E-state index in [-0.39, 0.29) is 17.3 Å². The second-order valence-electron chi connectivity index (χ2n) is 5.30. The number of pyridine rings is 1. The molecule has 0 bridgehead atoms. The van der Waals surface area contributed by atoms with Crippen LogP contribution in [0.1, 0.15) is 16.1 Å². The average molecular weight is 315 g/mol. The molecule has 24 heavy (non-hydrogen) atoms. The highest BCUT2D eigenvalue weighted by Crippen LogP contribution is 2.27. The van der Waals surface area contributed by atoms with Gasteiger partial charge in [0.1, 0.15) is 0 Å². The topological polar surface area (TPSA) is 97.5 Å². The van der Waals surface area contributed by atoms with E-state index in [2.05, 4.69) is 19.9 Å². The number of rotatable bonds is 3. The van der Waals surface area contributed by atoms with Gasteiger partial charge >= 0.3 is 0 Å². The number of hydrogen-bond donors (Lipinski definition) is 2. The predicted molar refractivity (Wildman–Crippen MR) is 91.4 cm³/mol. The molecule has 0 aliphatic heterocycles. The Labute approximate surface area is 137 Å². The maximum atomic E-state index is 12.6. The second kappa shape index (κ2) is 5.58. The number of carbonyl (C=O) groups excluding carboxylic acids is 1. The molecule has 0 amide bonds. The fraction of sp³-hybridized carbons (Fsp3) is 0. The largest absolute Gasteiger partial charge is 0.382 e. The highest BCUT2D eigenvalue weighted by molar-refractivity contribution is 6.10. The van der Waals surface area contributed by atoms with Crippen molar-refractivity contribution in [3.8, 4) is 11.3 Å². The van der Waals surface area contributed by atoms with E-state index in [1.807, 2.05) is 30.5 Å². The van der Waals surface area contributed by atoms with Gasteiger partial charge in [-0.3, -0.25) is 9.78 Å². The number of carbonyl (C=O) groups is 1. The number of benzene rings is 1. The summed E-state index contributed by atoms with van der Waals surface area (Å²) in [6, 6.07) is 11.2. The highest BCUT2D eigenvalue weighted by Gasteiger charge is 2.17. The zero-order valence-corrected chi connectivity index (χ0v) is 12.6. The van der Waals surface area contributed by atoms with Gasteiger partial charge in [0.05, 0.1) is 11.9 Å². The quantitative estimate of drug-likeness (QED) is 0.567. The normalized spacial score (nSPS) is 10.8. The van der Waals surface area contributed by atoms with E-state index >= 15 is 0 Å². The van der Waals surface area contributed by atoms with Gasteiger partial charge in [-0.1, -0.05) is 12.1 Å². The predicted octanol–water partition coefficient (Wildman–Crippen LogP) is 2.83. The standard InChI is InChI=1S/C18H13N5O/c19-18-16(17(24)11-3-2-7-20-9-11)23-15(10-22-18)12-4-1-5-14-13(12)6-8-21-14/h1-10,21H,(H2,19,22). The van der Waals surface area contributed by atoms with Gasteiger partial charge in [-0.2, -0.15) is 0 Å². The van der Waals surface area contributed by atoms with Crippen LogP contribution in [-0.4, -0.2) is 25.7 Å². The Morgan fingerprint density at radius 1 is 1.08 bits per heavy atom. The summed E-state index contributed by atoms with van der Waals surface area (Å²) < 4.78 is 0. The van der Waals surface area contributed by atoms with Gasteiger partial charge in [0.2, 0.25) is 5.78 Å². The number of nitrogens with zero attached hydrogens (tertiary/aromatic N) is 3. The fourth-order valence-electron chi connectivity index (χ4n) is 2.64. The van der Waals surface area contributed by atoms with Crippen LogP contribution < -0.4 is 5.73 Å².